The summed E-state index contributed by atoms with van der Waals surface area (Å²) in [5.41, 5.74) is 3.89. The van der Waals surface area contributed by atoms with Crippen LogP contribution >= 0.6 is 0 Å². The molecule has 5 heteroatoms. The third-order valence-corrected chi connectivity index (χ3v) is 4.89. The Hall–Kier alpha value is -3.18. The summed E-state index contributed by atoms with van der Waals surface area (Å²) in [6.45, 7) is 5.90. The van der Waals surface area contributed by atoms with E-state index in [1.54, 1.807) is 13.2 Å². The minimum absolute atomic E-state index is 0.120. The second-order valence-electron chi connectivity index (χ2n) is 7.23. The van der Waals surface area contributed by atoms with Crippen molar-refractivity contribution < 1.29 is 14.3 Å². The van der Waals surface area contributed by atoms with Crippen LogP contribution in [0.2, 0.25) is 0 Å². The summed E-state index contributed by atoms with van der Waals surface area (Å²) in [4.78, 5) is 17.2. The van der Waals surface area contributed by atoms with Crippen molar-refractivity contribution in [1.29, 1.82) is 0 Å². The Morgan fingerprint density at radius 1 is 1.07 bits per heavy atom. The van der Waals surface area contributed by atoms with E-state index in [0.717, 1.165) is 24.3 Å². The maximum atomic E-state index is 12.7. The van der Waals surface area contributed by atoms with Gasteiger partial charge >= 0.3 is 0 Å². The van der Waals surface area contributed by atoms with E-state index in [1.165, 1.54) is 5.56 Å². The van der Waals surface area contributed by atoms with Crippen molar-refractivity contribution in [2.24, 2.45) is 0 Å². The fourth-order valence-electron chi connectivity index (χ4n) is 3.19. The van der Waals surface area contributed by atoms with Crippen molar-refractivity contribution >= 4 is 11.6 Å². The Kier molecular flexibility index (Phi) is 7.20. The number of methoxy groups -OCH3 is 1. The molecule has 0 aliphatic rings. The number of anilines is 1. The van der Waals surface area contributed by atoms with Gasteiger partial charge in [0.05, 0.1) is 23.1 Å². The number of nitrogens with one attached hydrogen (secondary N) is 1. The minimum atomic E-state index is -0.210. The van der Waals surface area contributed by atoms with Crippen molar-refractivity contribution in [3.8, 4) is 11.5 Å². The van der Waals surface area contributed by atoms with Gasteiger partial charge in [-0.3, -0.25) is 9.78 Å². The lowest BCUT2D eigenvalue weighted by Gasteiger charge is -2.13. The van der Waals surface area contributed by atoms with Crippen LogP contribution < -0.4 is 10.1 Å². The molecule has 0 spiro atoms. The Bertz CT molecular complexity index is 1020. The summed E-state index contributed by atoms with van der Waals surface area (Å²) < 4.78 is 11.3. The van der Waals surface area contributed by atoms with E-state index in [9.17, 15) is 4.79 Å². The number of aryl methyl sites for hydroxylation is 2. The maximum absolute atomic E-state index is 12.7. The molecule has 1 heterocycles. The number of rotatable bonds is 8. The first-order chi connectivity index (χ1) is 14.5. The number of hydrogen-bond acceptors (Lipinski definition) is 4. The van der Waals surface area contributed by atoms with Crippen LogP contribution in [0.4, 0.5) is 5.69 Å². The normalized spacial score (nSPS) is 11.7. The van der Waals surface area contributed by atoms with E-state index >= 15 is 0 Å². The van der Waals surface area contributed by atoms with E-state index in [0.29, 0.717) is 22.7 Å². The van der Waals surface area contributed by atoms with Gasteiger partial charge in [-0.05, 0) is 62.2 Å². The molecule has 156 valence electrons. The number of carbonyl (C=O) groups is 1. The molecule has 0 aliphatic heterocycles. The summed E-state index contributed by atoms with van der Waals surface area (Å²) in [6, 6.07) is 19.1. The highest BCUT2D eigenvalue weighted by atomic mass is 16.5. The summed E-state index contributed by atoms with van der Waals surface area (Å²) in [6.07, 6.45) is 1.98. The Balaban J connectivity index is 1.72. The molecule has 0 bridgehead atoms. The average molecular weight is 405 g/mol. The first-order valence-corrected chi connectivity index (χ1v) is 10.2. The van der Waals surface area contributed by atoms with E-state index in [-0.39, 0.29) is 12.0 Å². The molecule has 1 N–H and O–H groups in total. The molecular formula is C25H28N2O3. The zero-order valence-electron chi connectivity index (χ0n) is 17.9. The minimum Gasteiger partial charge on any atom is -0.457 e. The van der Waals surface area contributed by atoms with Gasteiger partial charge in [0.15, 0.2) is 0 Å². The van der Waals surface area contributed by atoms with Gasteiger partial charge in [-0.15, -0.1) is 0 Å². The second kappa shape index (κ2) is 10.0. The van der Waals surface area contributed by atoms with Gasteiger partial charge in [-0.1, -0.05) is 31.5 Å². The number of pyridine rings is 1. The number of benzene rings is 2. The van der Waals surface area contributed by atoms with E-state index < -0.39 is 0 Å². The Labute approximate surface area is 178 Å². The molecule has 1 unspecified atom stereocenters. The summed E-state index contributed by atoms with van der Waals surface area (Å²) in [5, 5.41) is 2.93. The van der Waals surface area contributed by atoms with Gasteiger partial charge in [0, 0.05) is 18.9 Å². The molecule has 1 amide bonds. The molecule has 2 aromatic carbocycles. The van der Waals surface area contributed by atoms with Crippen LogP contribution in [-0.2, 0) is 11.2 Å². The van der Waals surface area contributed by atoms with Crippen molar-refractivity contribution in [3.05, 3.63) is 83.2 Å². The van der Waals surface area contributed by atoms with Crippen molar-refractivity contribution in [1.82, 2.24) is 4.98 Å². The standard InChI is InChI=1S/C25H28N2O3/c1-5-8-19-9-6-11-21(15-19)30-22-12-7-10-20(16-22)27-25(28)23-13-14-24(18(3)29-4)26-17(23)2/h6-7,9-16,18H,5,8H2,1-4H3,(H,27,28). The lowest BCUT2D eigenvalue weighted by Crippen LogP contribution is -2.15. The smallest absolute Gasteiger partial charge is 0.257 e. The second-order valence-corrected chi connectivity index (χ2v) is 7.23. The summed E-state index contributed by atoms with van der Waals surface area (Å²) in [7, 11) is 1.64. The zero-order valence-corrected chi connectivity index (χ0v) is 17.9. The van der Waals surface area contributed by atoms with Crippen molar-refractivity contribution in [2.75, 3.05) is 12.4 Å². The molecular weight excluding hydrogens is 376 g/mol. The van der Waals surface area contributed by atoms with Crippen LogP contribution in [0.3, 0.4) is 0 Å². The highest BCUT2D eigenvalue weighted by Crippen LogP contribution is 2.26. The molecule has 5 nitrogen and oxygen atoms in total. The number of carbonyl (C=O) groups excluding carboxylic acids is 1. The number of ether oxygens (including phenoxy) is 2. The number of amides is 1. The molecule has 0 aliphatic carbocycles. The quantitative estimate of drug-likeness (QED) is 0.493. The average Bonchev–Trinajstić information content (AvgIpc) is 2.73. The number of nitrogens with zero attached hydrogens (tertiary/aromatic N) is 1. The fraction of sp³-hybridized carbons (Fsp3) is 0.280. The lowest BCUT2D eigenvalue weighted by atomic mass is 10.1. The third kappa shape index (κ3) is 5.45. The highest BCUT2D eigenvalue weighted by Gasteiger charge is 2.14. The topological polar surface area (TPSA) is 60.5 Å². The highest BCUT2D eigenvalue weighted by molar-refractivity contribution is 6.05. The Morgan fingerprint density at radius 3 is 2.50 bits per heavy atom. The van der Waals surface area contributed by atoms with E-state index in [1.807, 2.05) is 62.4 Å². The largest absolute Gasteiger partial charge is 0.457 e. The lowest BCUT2D eigenvalue weighted by molar-refractivity contribution is 0.102. The summed E-state index contributed by atoms with van der Waals surface area (Å²) >= 11 is 0. The van der Waals surface area contributed by atoms with Gasteiger partial charge in [0.1, 0.15) is 11.5 Å². The van der Waals surface area contributed by atoms with Gasteiger partial charge in [-0.2, -0.15) is 0 Å². The van der Waals surface area contributed by atoms with Crippen molar-refractivity contribution in [2.45, 2.75) is 39.7 Å². The number of aromatic nitrogens is 1. The first-order valence-electron chi connectivity index (χ1n) is 10.2. The third-order valence-electron chi connectivity index (χ3n) is 4.89. The van der Waals surface area contributed by atoms with Crippen LogP contribution in [0, 0.1) is 6.92 Å². The van der Waals surface area contributed by atoms with E-state index in [4.69, 9.17) is 9.47 Å². The van der Waals surface area contributed by atoms with E-state index in [2.05, 4.69) is 23.3 Å². The van der Waals surface area contributed by atoms with Gasteiger partial charge in [0.25, 0.3) is 5.91 Å². The molecule has 30 heavy (non-hydrogen) atoms. The SMILES string of the molecule is CCCc1cccc(Oc2cccc(NC(=O)c3ccc(C(C)OC)nc3C)c2)c1. The zero-order chi connectivity index (χ0) is 21.5. The van der Waals surface area contributed by atoms with Crippen LogP contribution in [0.25, 0.3) is 0 Å². The molecule has 3 rings (SSSR count). The Morgan fingerprint density at radius 2 is 1.80 bits per heavy atom. The maximum Gasteiger partial charge on any atom is 0.257 e. The fourth-order valence-corrected chi connectivity index (χ4v) is 3.19. The van der Waals surface area contributed by atoms with Gasteiger partial charge < -0.3 is 14.8 Å². The molecule has 1 atom stereocenters. The molecule has 0 radical (unpaired) electrons. The van der Waals surface area contributed by atoms with Gasteiger partial charge in [-0.25, -0.2) is 0 Å². The molecule has 0 fully saturated rings. The van der Waals surface area contributed by atoms with Crippen LogP contribution in [-0.4, -0.2) is 18.0 Å². The molecule has 0 saturated carbocycles. The predicted molar refractivity (Wildman–Crippen MR) is 119 cm³/mol. The first kappa shape index (κ1) is 21.5. The van der Waals surface area contributed by atoms with Crippen molar-refractivity contribution in [3.63, 3.8) is 0 Å². The van der Waals surface area contributed by atoms with Gasteiger partial charge in [0.2, 0.25) is 0 Å². The molecule has 3 aromatic rings. The van der Waals surface area contributed by atoms with Crippen LogP contribution in [0.15, 0.2) is 60.7 Å². The van der Waals surface area contributed by atoms with Crippen LogP contribution in [0.1, 0.15) is 53.7 Å². The monoisotopic (exact) mass is 404 g/mol. The predicted octanol–water partition coefficient (Wildman–Crippen LogP) is 6.09. The summed E-state index contributed by atoms with van der Waals surface area (Å²) in [5.74, 6) is 1.24. The molecule has 1 aromatic heterocycles. The number of hydrogen-bond donors (Lipinski definition) is 1. The van der Waals surface area contributed by atoms with Crippen LogP contribution in [0.5, 0.6) is 11.5 Å². The molecule has 0 saturated heterocycles.